The van der Waals surface area contributed by atoms with Crippen molar-refractivity contribution in [2.45, 2.75) is 25.4 Å². The Hall–Kier alpha value is -1.83. The van der Waals surface area contributed by atoms with E-state index in [0.29, 0.717) is 25.5 Å². The first-order chi connectivity index (χ1) is 11.3. The van der Waals surface area contributed by atoms with Gasteiger partial charge in [0.15, 0.2) is 5.58 Å². The van der Waals surface area contributed by atoms with Crippen LogP contribution in [0.15, 0.2) is 40.3 Å². The summed E-state index contributed by atoms with van der Waals surface area (Å²) in [5.74, 6) is 0.483. The number of likely N-dealkylation sites (tertiary alicyclic amines) is 1. The highest BCUT2D eigenvalue weighted by Gasteiger charge is 2.34. The van der Waals surface area contributed by atoms with Crippen molar-refractivity contribution in [3.8, 4) is 0 Å². The van der Waals surface area contributed by atoms with Gasteiger partial charge in [-0.1, -0.05) is 12.1 Å². The Morgan fingerprint density at radius 2 is 2.26 bits per heavy atom. The van der Waals surface area contributed by atoms with Gasteiger partial charge in [-0.3, -0.25) is 4.90 Å². The van der Waals surface area contributed by atoms with E-state index in [4.69, 9.17) is 9.15 Å². The molecular weight excluding hydrogens is 317 g/mol. The monoisotopic (exact) mass is 333 g/mol. The molecular formula is C16H16FN3O2S. The van der Waals surface area contributed by atoms with Crippen LogP contribution in [0.25, 0.3) is 11.1 Å². The highest BCUT2D eigenvalue weighted by molar-refractivity contribution is 7.09. The van der Waals surface area contributed by atoms with Crippen LogP contribution in [-0.2, 0) is 17.9 Å². The van der Waals surface area contributed by atoms with Crippen molar-refractivity contribution < 1.29 is 13.5 Å². The topological polar surface area (TPSA) is 51.4 Å². The first kappa shape index (κ1) is 14.7. The molecule has 0 amide bonds. The predicted molar refractivity (Wildman–Crippen MR) is 84.9 cm³/mol. The minimum atomic E-state index is -1.00. The Morgan fingerprint density at radius 3 is 3.09 bits per heavy atom. The molecule has 120 valence electrons. The van der Waals surface area contributed by atoms with Gasteiger partial charge in [-0.15, -0.1) is 11.3 Å². The fourth-order valence-corrected chi connectivity index (χ4v) is 3.43. The second-order valence-electron chi connectivity index (χ2n) is 5.56. The second kappa shape index (κ2) is 6.35. The van der Waals surface area contributed by atoms with E-state index in [1.165, 1.54) is 0 Å². The number of hydrogen-bond donors (Lipinski definition) is 0. The van der Waals surface area contributed by atoms with Crippen LogP contribution in [-0.4, -0.2) is 40.2 Å². The predicted octanol–water partition coefficient (Wildman–Crippen LogP) is 3.02. The summed E-state index contributed by atoms with van der Waals surface area (Å²) in [6, 6.07) is 7.53. The summed E-state index contributed by atoms with van der Waals surface area (Å²) in [4.78, 5) is 10.6. The fraction of sp³-hybridized carbons (Fsp3) is 0.375. The summed E-state index contributed by atoms with van der Waals surface area (Å²) >= 11 is 1.58. The summed E-state index contributed by atoms with van der Waals surface area (Å²) < 4.78 is 25.4. The number of halogens is 1. The lowest BCUT2D eigenvalue weighted by Gasteiger charge is -2.13. The van der Waals surface area contributed by atoms with Crippen molar-refractivity contribution in [1.82, 2.24) is 14.9 Å². The Kier molecular flexibility index (Phi) is 4.07. The van der Waals surface area contributed by atoms with E-state index in [1.54, 1.807) is 17.5 Å². The van der Waals surface area contributed by atoms with Gasteiger partial charge in [0, 0.05) is 24.7 Å². The average molecular weight is 333 g/mol. The van der Waals surface area contributed by atoms with Crippen LogP contribution >= 0.6 is 11.3 Å². The minimum Gasteiger partial charge on any atom is -0.438 e. The molecule has 1 fully saturated rings. The molecule has 2 atom stereocenters. The Labute approximate surface area is 136 Å². The van der Waals surface area contributed by atoms with Gasteiger partial charge in [0.1, 0.15) is 29.4 Å². The number of oxazole rings is 1. The van der Waals surface area contributed by atoms with Gasteiger partial charge in [-0.05, 0) is 12.1 Å². The first-order valence-corrected chi connectivity index (χ1v) is 8.37. The highest BCUT2D eigenvalue weighted by Crippen LogP contribution is 2.22. The Morgan fingerprint density at radius 1 is 1.35 bits per heavy atom. The van der Waals surface area contributed by atoms with Crippen LogP contribution in [0.3, 0.4) is 0 Å². The molecule has 0 saturated carbocycles. The van der Waals surface area contributed by atoms with Gasteiger partial charge in [-0.2, -0.15) is 0 Å². The van der Waals surface area contributed by atoms with Crippen molar-refractivity contribution >= 4 is 22.4 Å². The Bertz CT molecular complexity index is 744. The standard InChI is InChI=1S/C16H16FN3O2S/c17-11-7-20(9-16-18-5-6-23-16)8-14(11)21-10-15-19-12-3-1-2-4-13(12)22-15/h1-6,11,14H,7-10H2. The van der Waals surface area contributed by atoms with Crippen molar-refractivity contribution in [2.24, 2.45) is 0 Å². The lowest BCUT2D eigenvalue weighted by molar-refractivity contribution is 0.00239. The number of fused-ring (bicyclic) bond motifs is 1. The molecule has 0 aliphatic carbocycles. The number of nitrogens with zero attached hydrogens (tertiary/aromatic N) is 3. The van der Waals surface area contributed by atoms with E-state index in [1.807, 2.05) is 34.5 Å². The largest absolute Gasteiger partial charge is 0.438 e. The molecule has 3 aromatic rings. The molecule has 1 aromatic carbocycles. The molecule has 0 radical (unpaired) electrons. The lowest BCUT2D eigenvalue weighted by atomic mass is 10.3. The van der Waals surface area contributed by atoms with Crippen LogP contribution in [0.2, 0.25) is 0 Å². The normalized spacial score (nSPS) is 22.1. The number of rotatable bonds is 5. The van der Waals surface area contributed by atoms with E-state index >= 15 is 0 Å². The molecule has 4 rings (SSSR count). The van der Waals surface area contributed by atoms with Gasteiger partial charge >= 0.3 is 0 Å². The van der Waals surface area contributed by atoms with Crippen LogP contribution in [0.5, 0.6) is 0 Å². The van der Waals surface area contributed by atoms with Crippen molar-refractivity contribution in [2.75, 3.05) is 13.1 Å². The molecule has 0 spiro atoms. The van der Waals surface area contributed by atoms with E-state index in [9.17, 15) is 4.39 Å². The van der Waals surface area contributed by atoms with Gasteiger partial charge in [0.2, 0.25) is 5.89 Å². The SMILES string of the molecule is FC1CN(Cc2nccs2)CC1OCc1nc2ccccc2o1. The maximum Gasteiger partial charge on any atom is 0.221 e. The van der Waals surface area contributed by atoms with Gasteiger partial charge in [0.05, 0.1) is 6.54 Å². The van der Waals surface area contributed by atoms with Crippen LogP contribution in [0.4, 0.5) is 4.39 Å². The summed E-state index contributed by atoms with van der Waals surface area (Å²) in [7, 11) is 0. The molecule has 7 heteroatoms. The summed E-state index contributed by atoms with van der Waals surface area (Å²) in [6.07, 6.45) is 0.314. The summed E-state index contributed by atoms with van der Waals surface area (Å²) in [5.41, 5.74) is 1.51. The van der Waals surface area contributed by atoms with Gasteiger partial charge < -0.3 is 9.15 Å². The van der Waals surface area contributed by atoms with E-state index in [-0.39, 0.29) is 6.61 Å². The summed E-state index contributed by atoms with van der Waals surface area (Å²) in [5, 5.41) is 2.93. The molecule has 1 saturated heterocycles. The van der Waals surface area contributed by atoms with Crippen molar-refractivity contribution in [3.63, 3.8) is 0 Å². The number of alkyl halides is 1. The maximum absolute atomic E-state index is 14.1. The van der Waals surface area contributed by atoms with Crippen LogP contribution in [0, 0.1) is 0 Å². The number of aromatic nitrogens is 2. The third-order valence-corrected chi connectivity index (χ3v) is 4.64. The van der Waals surface area contributed by atoms with E-state index < -0.39 is 12.3 Å². The maximum atomic E-state index is 14.1. The molecule has 23 heavy (non-hydrogen) atoms. The lowest BCUT2D eigenvalue weighted by Crippen LogP contribution is -2.24. The van der Waals surface area contributed by atoms with Crippen molar-refractivity contribution in [1.29, 1.82) is 0 Å². The molecule has 0 bridgehead atoms. The first-order valence-electron chi connectivity index (χ1n) is 7.49. The molecule has 2 aromatic heterocycles. The molecule has 2 unspecified atom stereocenters. The van der Waals surface area contributed by atoms with Crippen molar-refractivity contribution in [3.05, 3.63) is 46.7 Å². The third-order valence-electron chi connectivity index (χ3n) is 3.88. The van der Waals surface area contributed by atoms with Gasteiger partial charge in [0.25, 0.3) is 0 Å². The Balaban J connectivity index is 1.35. The van der Waals surface area contributed by atoms with Crippen LogP contribution in [0.1, 0.15) is 10.9 Å². The third kappa shape index (κ3) is 3.26. The fourth-order valence-electron chi connectivity index (χ4n) is 2.78. The highest BCUT2D eigenvalue weighted by atomic mass is 32.1. The molecule has 1 aliphatic heterocycles. The molecule has 5 nitrogen and oxygen atoms in total. The van der Waals surface area contributed by atoms with Gasteiger partial charge in [-0.25, -0.2) is 14.4 Å². The van der Waals surface area contributed by atoms with E-state index in [0.717, 1.165) is 16.1 Å². The molecule has 1 aliphatic rings. The zero-order valence-electron chi connectivity index (χ0n) is 12.4. The molecule has 3 heterocycles. The second-order valence-corrected chi connectivity index (χ2v) is 6.54. The minimum absolute atomic E-state index is 0.185. The number of benzene rings is 1. The average Bonchev–Trinajstić information content (AvgIpc) is 3.25. The number of ether oxygens (including phenoxy) is 1. The zero-order valence-corrected chi connectivity index (χ0v) is 13.2. The quantitative estimate of drug-likeness (QED) is 0.718. The number of para-hydroxylation sites is 2. The van der Waals surface area contributed by atoms with E-state index in [2.05, 4.69) is 9.97 Å². The smallest absolute Gasteiger partial charge is 0.221 e. The van der Waals surface area contributed by atoms with Crippen LogP contribution < -0.4 is 0 Å². The molecule has 0 N–H and O–H groups in total. The number of thiazole rings is 1. The zero-order chi connectivity index (χ0) is 15.6. The number of hydrogen-bond acceptors (Lipinski definition) is 6. The summed E-state index contributed by atoms with van der Waals surface area (Å²) in [6.45, 7) is 1.78.